The minimum Gasteiger partial charge on any atom is -0.271 e. The van der Waals surface area contributed by atoms with E-state index in [0.717, 1.165) is 26.9 Å². The number of imide groups is 1. The van der Waals surface area contributed by atoms with Crippen molar-refractivity contribution in [3.05, 3.63) is 101 Å². The number of para-hydroxylation sites is 1. The molecule has 2 heterocycles. The molecule has 36 heavy (non-hydrogen) atoms. The summed E-state index contributed by atoms with van der Waals surface area (Å²) in [5.74, 6) is -0.967. The molecule has 4 aromatic rings. The third-order valence-electron chi connectivity index (χ3n) is 6.38. The van der Waals surface area contributed by atoms with Gasteiger partial charge in [-0.1, -0.05) is 54.6 Å². The van der Waals surface area contributed by atoms with Crippen molar-refractivity contribution in [3.63, 3.8) is 0 Å². The van der Waals surface area contributed by atoms with Crippen molar-refractivity contribution < 1.29 is 9.59 Å². The van der Waals surface area contributed by atoms with Gasteiger partial charge in [-0.3, -0.25) is 14.5 Å². The maximum atomic E-state index is 13.4. The van der Waals surface area contributed by atoms with Crippen LogP contribution < -0.4 is 0 Å². The molecule has 0 fully saturated rings. The highest BCUT2D eigenvalue weighted by Crippen LogP contribution is 2.32. The van der Waals surface area contributed by atoms with Crippen LogP contribution in [0.3, 0.4) is 0 Å². The lowest BCUT2D eigenvalue weighted by atomic mass is 9.92. The Bertz CT molecular complexity index is 1620. The fourth-order valence-electron chi connectivity index (χ4n) is 4.49. The topological polar surface area (TPSA) is 79.0 Å². The van der Waals surface area contributed by atoms with Gasteiger partial charge in [-0.25, -0.2) is 4.68 Å². The van der Waals surface area contributed by atoms with Crippen LogP contribution in [-0.2, 0) is 9.59 Å². The predicted molar refractivity (Wildman–Crippen MR) is 140 cm³/mol. The summed E-state index contributed by atoms with van der Waals surface area (Å²) < 4.78 is 1.78. The van der Waals surface area contributed by atoms with Gasteiger partial charge in [0.05, 0.1) is 11.4 Å². The molecule has 0 radical (unpaired) electrons. The first-order chi connectivity index (χ1) is 17.4. The Hall–Kier alpha value is -4.76. The molecule has 0 saturated heterocycles. The van der Waals surface area contributed by atoms with E-state index in [9.17, 15) is 14.9 Å². The third-order valence-corrected chi connectivity index (χ3v) is 6.38. The van der Waals surface area contributed by atoms with Gasteiger partial charge in [-0.05, 0) is 61.4 Å². The molecule has 1 aliphatic rings. The van der Waals surface area contributed by atoms with Gasteiger partial charge in [-0.2, -0.15) is 10.4 Å². The second kappa shape index (κ2) is 9.12. The van der Waals surface area contributed by atoms with Crippen LogP contribution in [0.25, 0.3) is 33.8 Å². The smallest absolute Gasteiger partial charge is 0.271 e. The van der Waals surface area contributed by atoms with E-state index in [1.54, 1.807) is 31.5 Å². The van der Waals surface area contributed by atoms with E-state index < -0.39 is 11.8 Å². The summed E-state index contributed by atoms with van der Waals surface area (Å²) in [6, 6.07) is 25.6. The van der Waals surface area contributed by atoms with Crippen LogP contribution in [0.15, 0.2) is 95.7 Å². The van der Waals surface area contributed by atoms with Crippen molar-refractivity contribution in [3.8, 4) is 23.0 Å². The number of amides is 2. The number of hydrogen-bond donors (Lipinski definition) is 0. The van der Waals surface area contributed by atoms with E-state index in [4.69, 9.17) is 5.10 Å². The van der Waals surface area contributed by atoms with Crippen LogP contribution in [0.1, 0.15) is 26.3 Å². The molecule has 2 amide bonds. The van der Waals surface area contributed by atoms with Gasteiger partial charge in [0, 0.05) is 28.9 Å². The van der Waals surface area contributed by atoms with E-state index in [-0.39, 0.29) is 11.6 Å². The molecule has 0 N–H and O–H groups in total. The Morgan fingerprint density at radius 2 is 1.61 bits per heavy atom. The first-order valence-electron chi connectivity index (χ1n) is 11.7. The van der Waals surface area contributed by atoms with Crippen molar-refractivity contribution in [2.24, 2.45) is 0 Å². The molecular weight excluding hydrogens is 448 g/mol. The van der Waals surface area contributed by atoms with Gasteiger partial charge < -0.3 is 0 Å². The van der Waals surface area contributed by atoms with Crippen LogP contribution in [0.5, 0.6) is 0 Å². The fourth-order valence-corrected chi connectivity index (χ4v) is 4.49. The standard InChI is InChI=1S/C30H24N4O2/c1-19(2)34-29(35)26(20(3)27(17-31)30(34)36)16-24-18-33(25-11-5-4-6-12-25)32-28(24)23-14-13-21-9-7-8-10-22(21)15-23/h4-16,18-19H,1-3H3/b26-16+. The SMILES string of the molecule is CC1=C(C#N)C(=O)N(C(C)C)C(=O)/C1=C/c1cn(-c2ccccc2)nc1-c1ccc2ccccc2c1. The molecule has 3 aromatic carbocycles. The Balaban J connectivity index is 1.74. The number of hydrogen-bond acceptors (Lipinski definition) is 4. The second-order valence-corrected chi connectivity index (χ2v) is 9.02. The Morgan fingerprint density at radius 1 is 0.917 bits per heavy atom. The van der Waals surface area contributed by atoms with Crippen LogP contribution in [-0.4, -0.2) is 32.5 Å². The number of fused-ring (bicyclic) bond motifs is 1. The lowest BCUT2D eigenvalue weighted by Crippen LogP contribution is -2.46. The van der Waals surface area contributed by atoms with E-state index in [2.05, 4.69) is 12.1 Å². The largest absolute Gasteiger partial charge is 0.271 e. The van der Waals surface area contributed by atoms with Gasteiger partial charge in [-0.15, -0.1) is 0 Å². The van der Waals surface area contributed by atoms with Crippen LogP contribution >= 0.6 is 0 Å². The number of rotatable bonds is 4. The van der Waals surface area contributed by atoms with Crippen LogP contribution in [0.2, 0.25) is 0 Å². The fraction of sp³-hybridized carbons (Fsp3) is 0.133. The zero-order valence-corrected chi connectivity index (χ0v) is 20.3. The zero-order valence-electron chi connectivity index (χ0n) is 20.3. The number of carbonyl (C=O) groups excluding carboxylic acids is 2. The minimum atomic E-state index is -0.554. The van der Waals surface area contributed by atoms with Gasteiger partial charge in [0.15, 0.2) is 0 Å². The molecule has 0 unspecified atom stereocenters. The lowest BCUT2D eigenvalue weighted by Gasteiger charge is -2.30. The summed E-state index contributed by atoms with van der Waals surface area (Å²) in [6.07, 6.45) is 3.61. The summed E-state index contributed by atoms with van der Waals surface area (Å²) in [6.45, 7) is 5.17. The molecule has 5 rings (SSSR count). The second-order valence-electron chi connectivity index (χ2n) is 9.02. The van der Waals surface area contributed by atoms with Gasteiger partial charge >= 0.3 is 0 Å². The normalized spacial score (nSPS) is 15.3. The highest BCUT2D eigenvalue weighted by atomic mass is 16.2. The summed E-state index contributed by atoms with van der Waals surface area (Å²) in [7, 11) is 0. The average Bonchev–Trinajstić information content (AvgIpc) is 3.31. The van der Waals surface area contributed by atoms with Gasteiger partial charge in [0.2, 0.25) is 0 Å². The molecule has 6 nitrogen and oxygen atoms in total. The summed E-state index contributed by atoms with van der Waals surface area (Å²) in [5, 5.41) is 16.8. The van der Waals surface area contributed by atoms with Crippen molar-refractivity contribution in [2.75, 3.05) is 0 Å². The highest BCUT2D eigenvalue weighted by molar-refractivity contribution is 6.20. The van der Waals surface area contributed by atoms with Gasteiger partial charge in [0.1, 0.15) is 11.6 Å². The maximum absolute atomic E-state index is 13.4. The number of carbonyl (C=O) groups is 2. The molecule has 0 atom stereocenters. The van der Waals surface area contributed by atoms with Crippen LogP contribution in [0.4, 0.5) is 0 Å². The molecule has 6 heteroatoms. The van der Waals surface area contributed by atoms with E-state index in [1.165, 1.54) is 0 Å². The molecule has 1 aliphatic heterocycles. The molecule has 1 aromatic heterocycles. The number of nitrogens with zero attached hydrogens (tertiary/aromatic N) is 4. The highest BCUT2D eigenvalue weighted by Gasteiger charge is 2.37. The van der Waals surface area contributed by atoms with Gasteiger partial charge in [0.25, 0.3) is 11.8 Å². The summed E-state index contributed by atoms with van der Waals surface area (Å²) in [4.78, 5) is 27.4. The first kappa shape index (κ1) is 23.0. The summed E-state index contributed by atoms with van der Waals surface area (Å²) in [5.41, 5.74) is 3.87. The van der Waals surface area contributed by atoms with Crippen molar-refractivity contribution >= 4 is 28.7 Å². The number of nitriles is 1. The minimum absolute atomic E-state index is 0.0164. The van der Waals surface area contributed by atoms with Crippen molar-refractivity contribution in [2.45, 2.75) is 26.8 Å². The van der Waals surface area contributed by atoms with Crippen molar-refractivity contribution in [1.82, 2.24) is 14.7 Å². The first-order valence-corrected chi connectivity index (χ1v) is 11.7. The maximum Gasteiger partial charge on any atom is 0.271 e. The molecule has 0 bridgehead atoms. The number of aromatic nitrogens is 2. The quantitative estimate of drug-likeness (QED) is 0.282. The molecule has 176 valence electrons. The zero-order chi connectivity index (χ0) is 25.4. The molecular formula is C30H24N4O2. The number of benzene rings is 3. The lowest BCUT2D eigenvalue weighted by molar-refractivity contribution is -0.142. The Morgan fingerprint density at radius 3 is 2.31 bits per heavy atom. The molecule has 0 spiro atoms. The Kier molecular flexibility index (Phi) is 5.83. The average molecular weight is 473 g/mol. The summed E-state index contributed by atoms with van der Waals surface area (Å²) >= 11 is 0. The monoisotopic (exact) mass is 472 g/mol. The van der Waals surface area contributed by atoms with Crippen molar-refractivity contribution in [1.29, 1.82) is 5.26 Å². The Labute approximate surface area is 209 Å². The predicted octanol–water partition coefficient (Wildman–Crippen LogP) is 5.69. The molecule has 0 saturated carbocycles. The molecule has 0 aliphatic carbocycles. The van der Waals surface area contributed by atoms with E-state index in [1.807, 2.05) is 72.9 Å². The van der Waals surface area contributed by atoms with Crippen LogP contribution in [0, 0.1) is 11.3 Å². The third kappa shape index (κ3) is 3.91. The van der Waals surface area contributed by atoms with E-state index >= 15 is 0 Å². The van der Waals surface area contributed by atoms with E-state index in [0.29, 0.717) is 22.4 Å².